The van der Waals surface area contributed by atoms with E-state index in [2.05, 4.69) is 10.3 Å². The molecule has 0 saturated carbocycles. The highest BCUT2D eigenvalue weighted by Gasteiger charge is 2.32. The minimum absolute atomic E-state index is 0.0153. The molecular formula is C17H23ClF3N3O2. The zero-order valence-electron chi connectivity index (χ0n) is 15.0. The van der Waals surface area contributed by atoms with Gasteiger partial charge in [-0.25, -0.2) is 4.79 Å². The number of likely N-dealkylation sites (tertiary alicyclic amines) is 1. The van der Waals surface area contributed by atoms with E-state index in [-0.39, 0.29) is 23.7 Å². The minimum atomic E-state index is -4.46. The first-order valence-corrected chi connectivity index (χ1v) is 8.76. The molecule has 1 saturated heterocycles. The standard InChI is InChI=1S/C17H23ClF3N3O2/c1-16(2,3)26-15(25)24-6-4-12(5-7-24)22-10-14-13(18)8-11(9-23-14)17(19,20)21/h8-9,12,22H,4-7,10H2,1-3H3. The average Bonchev–Trinajstić information content (AvgIpc) is 2.51. The zero-order valence-corrected chi connectivity index (χ0v) is 15.7. The fourth-order valence-corrected chi connectivity index (χ4v) is 2.82. The Bertz CT molecular complexity index is 639. The van der Waals surface area contributed by atoms with Crippen LogP contribution < -0.4 is 5.32 Å². The van der Waals surface area contributed by atoms with Gasteiger partial charge in [0.15, 0.2) is 0 Å². The van der Waals surface area contributed by atoms with Crippen LogP contribution in [0.4, 0.5) is 18.0 Å². The fraction of sp³-hybridized carbons (Fsp3) is 0.647. The SMILES string of the molecule is CC(C)(C)OC(=O)N1CCC(NCc2ncc(C(F)(F)F)cc2Cl)CC1. The fourth-order valence-electron chi connectivity index (χ4n) is 2.59. The van der Waals surface area contributed by atoms with Gasteiger partial charge in [-0.3, -0.25) is 4.98 Å². The summed E-state index contributed by atoms with van der Waals surface area (Å²) in [6.07, 6.45) is -2.57. The average molecular weight is 394 g/mol. The van der Waals surface area contributed by atoms with Crippen molar-refractivity contribution >= 4 is 17.7 Å². The van der Waals surface area contributed by atoms with E-state index in [1.165, 1.54) is 0 Å². The van der Waals surface area contributed by atoms with Crippen molar-refractivity contribution < 1.29 is 22.7 Å². The summed E-state index contributed by atoms with van der Waals surface area (Å²) in [6.45, 7) is 6.84. The summed E-state index contributed by atoms with van der Waals surface area (Å²) in [4.78, 5) is 17.5. The number of aromatic nitrogens is 1. The lowest BCUT2D eigenvalue weighted by Gasteiger charge is -2.33. The molecule has 9 heteroatoms. The number of carbonyl (C=O) groups excluding carboxylic acids is 1. The molecule has 1 aliphatic rings. The van der Waals surface area contributed by atoms with Crippen LogP contribution in [-0.2, 0) is 17.5 Å². The van der Waals surface area contributed by atoms with Gasteiger partial charge in [-0.1, -0.05) is 11.6 Å². The van der Waals surface area contributed by atoms with Crippen LogP contribution in [0.5, 0.6) is 0 Å². The summed E-state index contributed by atoms with van der Waals surface area (Å²) in [5.74, 6) is 0. The first-order valence-electron chi connectivity index (χ1n) is 8.38. The normalized spacial score (nSPS) is 16.7. The van der Waals surface area contributed by atoms with E-state index in [1.54, 1.807) is 4.90 Å². The Kier molecular flexibility index (Phi) is 6.39. The van der Waals surface area contributed by atoms with Crippen LogP contribution in [0.15, 0.2) is 12.3 Å². The molecule has 1 aliphatic heterocycles. The van der Waals surface area contributed by atoms with Gasteiger partial charge in [0.05, 0.1) is 16.3 Å². The van der Waals surface area contributed by atoms with Gasteiger partial charge >= 0.3 is 12.3 Å². The van der Waals surface area contributed by atoms with Gasteiger partial charge in [-0.2, -0.15) is 13.2 Å². The van der Waals surface area contributed by atoms with Crippen molar-refractivity contribution in [3.63, 3.8) is 0 Å². The second kappa shape index (κ2) is 8.00. The maximum absolute atomic E-state index is 12.6. The molecule has 0 bridgehead atoms. The van der Waals surface area contributed by atoms with E-state index in [1.807, 2.05) is 20.8 Å². The summed E-state index contributed by atoms with van der Waals surface area (Å²) in [5, 5.41) is 3.22. The molecular weight excluding hydrogens is 371 g/mol. The Morgan fingerprint density at radius 1 is 1.35 bits per heavy atom. The quantitative estimate of drug-likeness (QED) is 0.834. The van der Waals surface area contributed by atoms with Crippen LogP contribution in [-0.4, -0.2) is 40.7 Å². The molecule has 1 aromatic heterocycles. The van der Waals surface area contributed by atoms with Gasteiger partial charge in [0, 0.05) is 31.9 Å². The monoisotopic (exact) mass is 393 g/mol. The largest absolute Gasteiger partial charge is 0.444 e. The second-order valence-corrected chi connectivity index (χ2v) is 7.68. The number of carbonyl (C=O) groups is 1. The van der Waals surface area contributed by atoms with Crippen molar-refractivity contribution in [1.29, 1.82) is 0 Å². The van der Waals surface area contributed by atoms with E-state index in [0.717, 1.165) is 25.1 Å². The molecule has 0 unspecified atom stereocenters. The molecule has 0 aromatic carbocycles. The molecule has 1 aromatic rings. The summed E-state index contributed by atoms with van der Waals surface area (Å²) in [7, 11) is 0. The first kappa shape index (κ1) is 20.8. The predicted molar refractivity (Wildman–Crippen MR) is 91.9 cm³/mol. The Morgan fingerprint density at radius 3 is 2.46 bits per heavy atom. The highest BCUT2D eigenvalue weighted by Crippen LogP contribution is 2.31. The van der Waals surface area contributed by atoms with Crippen molar-refractivity contribution in [2.24, 2.45) is 0 Å². The number of nitrogens with zero attached hydrogens (tertiary/aromatic N) is 2. The van der Waals surface area contributed by atoms with Gasteiger partial charge < -0.3 is 15.0 Å². The topological polar surface area (TPSA) is 54.5 Å². The number of pyridine rings is 1. The molecule has 0 spiro atoms. The molecule has 0 radical (unpaired) electrons. The Labute approximate surface area is 155 Å². The lowest BCUT2D eigenvalue weighted by molar-refractivity contribution is -0.137. The number of hydrogen-bond acceptors (Lipinski definition) is 4. The first-order chi connectivity index (χ1) is 12.0. The molecule has 2 heterocycles. The van der Waals surface area contributed by atoms with Crippen LogP contribution in [0, 0.1) is 0 Å². The third-order valence-electron chi connectivity index (χ3n) is 3.95. The Morgan fingerprint density at radius 2 is 1.96 bits per heavy atom. The maximum Gasteiger partial charge on any atom is 0.417 e. The van der Waals surface area contributed by atoms with E-state index < -0.39 is 17.3 Å². The summed E-state index contributed by atoms with van der Waals surface area (Å²) >= 11 is 5.91. The highest BCUT2D eigenvalue weighted by atomic mass is 35.5. The molecule has 0 aliphatic carbocycles. The van der Waals surface area contributed by atoms with Gasteiger partial charge in [0.2, 0.25) is 0 Å². The molecule has 1 amide bonds. The molecule has 0 atom stereocenters. The molecule has 5 nitrogen and oxygen atoms in total. The number of alkyl halides is 3. The van der Waals surface area contributed by atoms with Gasteiger partial charge in [-0.05, 0) is 39.7 Å². The van der Waals surface area contributed by atoms with Crippen molar-refractivity contribution in [2.45, 2.75) is 58.0 Å². The second-order valence-electron chi connectivity index (χ2n) is 7.27. The van der Waals surface area contributed by atoms with Crippen LogP contribution >= 0.6 is 11.6 Å². The van der Waals surface area contributed by atoms with Crippen LogP contribution in [0.25, 0.3) is 0 Å². The predicted octanol–water partition coefficient (Wildman–Crippen LogP) is 4.24. The third kappa shape index (κ3) is 6.02. The Balaban J connectivity index is 1.83. The number of ether oxygens (including phenoxy) is 1. The number of nitrogens with one attached hydrogen (secondary N) is 1. The number of hydrogen-bond donors (Lipinski definition) is 1. The van der Waals surface area contributed by atoms with E-state index in [9.17, 15) is 18.0 Å². The molecule has 1 fully saturated rings. The number of halogens is 4. The summed E-state index contributed by atoms with van der Waals surface area (Å²) in [5.41, 5.74) is -1.02. The van der Waals surface area contributed by atoms with Crippen molar-refractivity contribution in [1.82, 2.24) is 15.2 Å². The summed E-state index contributed by atoms with van der Waals surface area (Å²) < 4.78 is 43.2. The smallest absolute Gasteiger partial charge is 0.417 e. The van der Waals surface area contributed by atoms with Gasteiger partial charge in [0.1, 0.15) is 5.60 Å². The van der Waals surface area contributed by atoms with Crippen molar-refractivity contribution in [3.05, 3.63) is 28.5 Å². The highest BCUT2D eigenvalue weighted by molar-refractivity contribution is 6.31. The zero-order chi connectivity index (χ0) is 19.5. The molecule has 1 N–H and O–H groups in total. The summed E-state index contributed by atoms with van der Waals surface area (Å²) in [6, 6.07) is 1.02. The van der Waals surface area contributed by atoms with Gasteiger partial charge in [0.25, 0.3) is 0 Å². The molecule has 26 heavy (non-hydrogen) atoms. The van der Waals surface area contributed by atoms with E-state index in [0.29, 0.717) is 18.8 Å². The minimum Gasteiger partial charge on any atom is -0.444 e. The Hall–Kier alpha value is -1.54. The number of rotatable bonds is 3. The lowest BCUT2D eigenvalue weighted by atomic mass is 10.1. The lowest BCUT2D eigenvalue weighted by Crippen LogP contribution is -2.46. The van der Waals surface area contributed by atoms with Gasteiger partial charge in [-0.15, -0.1) is 0 Å². The van der Waals surface area contributed by atoms with Crippen molar-refractivity contribution in [3.8, 4) is 0 Å². The van der Waals surface area contributed by atoms with Crippen LogP contribution in [0.1, 0.15) is 44.9 Å². The molecule has 2 rings (SSSR count). The molecule has 146 valence electrons. The van der Waals surface area contributed by atoms with Crippen LogP contribution in [0.2, 0.25) is 5.02 Å². The van der Waals surface area contributed by atoms with Crippen LogP contribution in [0.3, 0.4) is 0 Å². The maximum atomic E-state index is 12.6. The third-order valence-corrected chi connectivity index (χ3v) is 4.28. The number of piperidine rings is 1. The number of amides is 1. The van der Waals surface area contributed by atoms with E-state index >= 15 is 0 Å². The van der Waals surface area contributed by atoms with E-state index in [4.69, 9.17) is 16.3 Å². The van der Waals surface area contributed by atoms with Crippen molar-refractivity contribution in [2.75, 3.05) is 13.1 Å².